The summed E-state index contributed by atoms with van der Waals surface area (Å²) in [7, 11) is -3.67. The van der Waals surface area contributed by atoms with Gasteiger partial charge in [0.2, 0.25) is 0 Å². The SMILES string of the molecule is CCCC(=O)CCCCCCCCCCCCOP1(=O)OCC2COC(=O)C2=C(C)O1. The molecule has 2 aliphatic heterocycles. The number of fused-ring (bicyclic) bond motifs is 1. The van der Waals surface area contributed by atoms with Crippen molar-refractivity contribution in [3.63, 3.8) is 0 Å². The Labute approximate surface area is 186 Å². The van der Waals surface area contributed by atoms with Gasteiger partial charge in [0, 0.05) is 12.8 Å². The van der Waals surface area contributed by atoms with Crippen LogP contribution in [-0.2, 0) is 32.5 Å². The van der Waals surface area contributed by atoms with Crippen LogP contribution >= 0.6 is 7.82 Å². The number of allylic oxidation sites excluding steroid dienone is 1. The van der Waals surface area contributed by atoms with Crippen molar-refractivity contribution >= 4 is 19.6 Å². The van der Waals surface area contributed by atoms with Gasteiger partial charge in [-0.3, -0.25) is 13.8 Å². The third-order valence-electron chi connectivity index (χ3n) is 5.73. The Kier molecular flexibility index (Phi) is 11.8. The van der Waals surface area contributed by atoms with Gasteiger partial charge in [-0.05, 0) is 26.2 Å². The van der Waals surface area contributed by atoms with Gasteiger partial charge in [0.1, 0.15) is 18.1 Å². The van der Waals surface area contributed by atoms with E-state index in [9.17, 15) is 14.2 Å². The number of unbranched alkanes of at least 4 members (excludes halogenated alkanes) is 9. The summed E-state index contributed by atoms with van der Waals surface area (Å²) in [5.41, 5.74) is 0.409. The van der Waals surface area contributed by atoms with Gasteiger partial charge in [0.15, 0.2) is 0 Å². The number of carbonyl (C=O) groups is 2. The molecular formula is C23H39O7P. The van der Waals surface area contributed by atoms with Gasteiger partial charge in [-0.1, -0.05) is 58.3 Å². The smallest absolute Gasteiger partial charge is 0.461 e. The minimum Gasteiger partial charge on any atom is -0.461 e. The molecule has 178 valence electrons. The van der Waals surface area contributed by atoms with Crippen LogP contribution in [0.3, 0.4) is 0 Å². The monoisotopic (exact) mass is 458 g/mol. The van der Waals surface area contributed by atoms with Crippen LogP contribution in [0.25, 0.3) is 0 Å². The predicted molar refractivity (Wildman–Crippen MR) is 118 cm³/mol. The quantitative estimate of drug-likeness (QED) is 0.153. The van der Waals surface area contributed by atoms with Crippen LogP contribution in [0.1, 0.15) is 97.3 Å². The molecule has 0 saturated carbocycles. The first-order valence-corrected chi connectivity index (χ1v) is 13.4. The lowest BCUT2D eigenvalue weighted by Gasteiger charge is -2.17. The second-order valence-electron chi connectivity index (χ2n) is 8.51. The molecule has 0 aliphatic carbocycles. The number of rotatable bonds is 16. The van der Waals surface area contributed by atoms with Crippen molar-refractivity contribution in [2.24, 2.45) is 5.92 Å². The number of esters is 1. The van der Waals surface area contributed by atoms with Crippen LogP contribution in [0.4, 0.5) is 0 Å². The summed E-state index contributed by atoms with van der Waals surface area (Å²) in [5, 5.41) is 0. The van der Waals surface area contributed by atoms with Gasteiger partial charge < -0.3 is 9.26 Å². The number of phosphoric ester groups is 1. The molecule has 2 aliphatic rings. The molecule has 7 nitrogen and oxygen atoms in total. The number of hydrogen-bond donors (Lipinski definition) is 0. The third kappa shape index (κ3) is 9.46. The normalized spacial score (nSPS) is 23.3. The topological polar surface area (TPSA) is 88.1 Å². The standard InChI is InChI=1S/C23H39O7P/c1-3-14-21(24)15-12-10-8-6-4-5-7-9-11-13-16-28-31(26)29-18-20-17-27-23(25)22(20)19(2)30-31/h20H,3-18H2,1-2H3. The number of hydrogen-bond acceptors (Lipinski definition) is 7. The Balaban J connectivity index is 1.45. The van der Waals surface area contributed by atoms with E-state index in [1.807, 2.05) is 0 Å². The van der Waals surface area contributed by atoms with Gasteiger partial charge in [-0.2, -0.15) is 0 Å². The van der Waals surface area contributed by atoms with Gasteiger partial charge in [0.25, 0.3) is 0 Å². The maximum absolute atomic E-state index is 12.7. The van der Waals surface area contributed by atoms with Crippen molar-refractivity contribution in [2.45, 2.75) is 97.3 Å². The molecule has 1 fully saturated rings. The van der Waals surface area contributed by atoms with E-state index in [0.717, 1.165) is 51.4 Å². The Hall–Kier alpha value is -1.17. The Morgan fingerprint density at radius 2 is 1.58 bits per heavy atom. The first kappa shape index (κ1) is 26.1. The summed E-state index contributed by atoms with van der Waals surface area (Å²) < 4.78 is 33.9. The largest absolute Gasteiger partial charge is 0.529 e. The van der Waals surface area contributed by atoms with Crippen molar-refractivity contribution in [3.8, 4) is 0 Å². The van der Waals surface area contributed by atoms with Crippen molar-refractivity contribution in [2.75, 3.05) is 19.8 Å². The number of cyclic esters (lactones) is 1. The lowest BCUT2D eigenvalue weighted by molar-refractivity contribution is -0.135. The first-order valence-electron chi connectivity index (χ1n) is 11.9. The highest BCUT2D eigenvalue weighted by atomic mass is 31.2. The van der Waals surface area contributed by atoms with Crippen molar-refractivity contribution < 1.29 is 32.5 Å². The number of ketones is 1. The molecule has 0 aromatic rings. The molecule has 31 heavy (non-hydrogen) atoms. The van der Waals surface area contributed by atoms with E-state index in [1.54, 1.807) is 6.92 Å². The maximum Gasteiger partial charge on any atom is 0.529 e. The molecule has 2 unspecified atom stereocenters. The minimum atomic E-state index is -3.67. The van der Waals surface area contributed by atoms with Crippen LogP contribution in [-0.4, -0.2) is 31.6 Å². The van der Waals surface area contributed by atoms with Gasteiger partial charge in [0.05, 0.1) is 24.7 Å². The van der Waals surface area contributed by atoms with E-state index in [1.165, 1.54) is 32.1 Å². The summed E-state index contributed by atoms with van der Waals surface area (Å²) in [6.45, 7) is 4.30. The van der Waals surface area contributed by atoms with E-state index in [-0.39, 0.29) is 24.9 Å². The zero-order valence-electron chi connectivity index (χ0n) is 19.2. The number of ether oxygens (including phenoxy) is 1. The van der Waals surface area contributed by atoms with E-state index in [4.69, 9.17) is 18.3 Å². The summed E-state index contributed by atoms with van der Waals surface area (Å²) in [6, 6.07) is 0. The highest BCUT2D eigenvalue weighted by Crippen LogP contribution is 2.54. The molecule has 0 amide bonds. The molecule has 0 N–H and O–H groups in total. The summed E-state index contributed by atoms with van der Waals surface area (Å²) in [4.78, 5) is 23.2. The maximum atomic E-state index is 12.7. The van der Waals surface area contributed by atoms with Crippen molar-refractivity contribution in [1.82, 2.24) is 0 Å². The minimum absolute atomic E-state index is 0.102. The first-order chi connectivity index (χ1) is 14.9. The molecule has 0 spiro atoms. The summed E-state index contributed by atoms with van der Waals surface area (Å²) >= 11 is 0. The average molecular weight is 459 g/mol. The predicted octanol–water partition coefficient (Wildman–Crippen LogP) is 6.27. The van der Waals surface area contributed by atoms with Crippen LogP contribution in [0, 0.1) is 5.92 Å². The molecular weight excluding hydrogens is 419 g/mol. The van der Waals surface area contributed by atoms with Crippen LogP contribution in [0.5, 0.6) is 0 Å². The molecule has 0 aromatic carbocycles. The van der Waals surface area contributed by atoms with Crippen LogP contribution < -0.4 is 0 Å². The fourth-order valence-corrected chi connectivity index (χ4v) is 5.30. The Bertz CT molecular complexity index is 658. The lowest BCUT2D eigenvalue weighted by atomic mass is 10.0. The summed E-state index contributed by atoms with van der Waals surface area (Å²) in [5.74, 6) is 0.0195. The Morgan fingerprint density at radius 3 is 2.23 bits per heavy atom. The number of Topliss-reactive ketones (excluding diaryl/α,β-unsaturated/α-hetero) is 1. The highest BCUT2D eigenvalue weighted by Gasteiger charge is 2.42. The molecule has 2 rings (SSSR count). The van der Waals surface area contributed by atoms with E-state index in [0.29, 0.717) is 18.0 Å². The average Bonchev–Trinajstić information content (AvgIpc) is 3.04. The highest BCUT2D eigenvalue weighted by molar-refractivity contribution is 7.48. The third-order valence-corrected chi connectivity index (χ3v) is 7.20. The van der Waals surface area contributed by atoms with E-state index in [2.05, 4.69) is 6.92 Å². The van der Waals surface area contributed by atoms with E-state index < -0.39 is 13.8 Å². The molecule has 0 bridgehead atoms. The Morgan fingerprint density at radius 1 is 0.968 bits per heavy atom. The van der Waals surface area contributed by atoms with E-state index >= 15 is 0 Å². The second kappa shape index (κ2) is 14.1. The molecule has 2 atom stereocenters. The number of carbonyl (C=O) groups excluding carboxylic acids is 2. The fraction of sp³-hybridized carbons (Fsp3) is 0.826. The van der Waals surface area contributed by atoms with Gasteiger partial charge in [-0.15, -0.1) is 0 Å². The van der Waals surface area contributed by atoms with Crippen LogP contribution in [0.2, 0.25) is 0 Å². The van der Waals surface area contributed by atoms with Gasteiger partial charge >= 0.3 is 13.8 Å². The molecule has 0 radical (unpaired) electrons. The molecule has 0 aromatic heterocycles. The fourth-order valence-electron chi connectivity index (χ4n) is 3.97. The lowest BCUT2D eigenvalue weighted by Crippen LogP contribution is -2.10. The molecule has 8 heteroatoms. The summed E-state index contributed by atoms with van der Waals surface area (Å²) in [6.07, 6.45) is 13.7. The second-order valence-corrected chi connectivity index (χ2v) is 10.1. The van der Waals surface area contributed by atoms with Crippen LogP contribution in [0.15, 0.2) is 11.3 Å². The zero-order chi connectivity index (χ0) is 22.5. The number of phosphoric acid groups is 1. The van der Waals surface area contributed by atoms with Gasteiger partial charge in [-0.25, -0.2) is 9.36 Å². The van der Waals surface area contributed by atoms with Crippen molar-refractivity contribution in [3.05, 3.63) is 11.3 Å². The molecule has 2 heterocycles. The zero-order valence-corrected chi connectivity index (χ0v) is 20.1. The molecule has 1 saturated heterocycles. The van der Waals surface area contributed by atoms with Crippen molar-refractivity contribution in [1.29, 1.82) is 0 Å².